The molecule has 0 aliphatic carbocycles. The van der Waals surface area contributed by atoms with Crippen LogP contribution in [-0.4, -0.2) is 8.42 Å². The number of hydrogen-bond acceptors (Lipinski definition) is 2. The average molecular weight is 340 g/mol. The van der Waals surface area contributed by atoms with Crippen LogP contribution in [0.4, 0.5) is 5.69 Å². The van der Waals surface area contributed by atoms with Gasteiger partial charge < -0.3 is 0 Å². The fourth-order valence-corrected chi connectivity index (χ4v) is 3.37. The molecule has 0 aliphatic rings. The van der Waals surface area contributed by atoms with Gasteiger partial charge in [-0.25, -0.2) is 8.42 Å². The monoisotopic (exact) mass is 339 g/mol. The number of hydrogen-bond donors (Lipinski definition) is 1. The van der Waals surface area contributed by atoms with Gasteiger partial charge in [0.15, 0.2) is 0 Å². The Bertz CT molecular complexity index is 697. The number of sulfonamides is 1. The van der Waals surface area contributed by atoms with Gasteiger partial charge in [0.05, 0.1) is 10.6 Å². The van der Waals surface area contributed by atoms with Gasteiger partial charge in [-0.1, -0.05) is 24.3 Å². The largest absolute Gasteiger partial charge is 0.278 e. The first kappa shape index (κ1) is 14.1. The zero-order valence-corrected chi connectivity index (χ0v) is 13.0. The second-order valence-corrected chi connectivity index (χ2v) is 6.84. The minimum atomic E-state index is -3.55. The van der Waals surface area contributed by atoms with E-state index in [4.69, 9.17) is 0 Å². The molecule has 0 spiro atoms. The lowest BCUT2D eigenvalue weighted by molar-refractivity contribution is 0.601. The van der Waals surface area contributed by atoms with E-state index in [9.17, 15) is 8.42 Å². The maximum Gasteiger partial charge on any atom is 0.261 e. The van der Waals surface area contributed by atoms with Gasteiger partial charge in [-0.2, -0.15) is 0 Å². The third-order valence-corrected chi connectivity index (χ3v) is 5.13. The Hall–Kier alpha value is -1.33. The maximum absolute atomic E-state index is 12.2. The number of anilines is 1. The molecule has 19 heavy (non-hydrogen) atoms. The molecule has 0 amide bonds. The standard InChI is InChI=1S/C14H14BrNO2S/c1-10-8-11(2)14(15)13(9-10)16-19(17,18)12-6-4-3-5-7-12/h3-9,16H,1-2H3. The average Bonchev–Trinajstić information content (AvgIpc) is 2.36. The van der Waals surface area contributed by atoms with Gasteiger partial charge >= 0.3 is 0 Å². The molecule has 0 radical (unpaired) electrons. The molecule has 2 aromatic carbocycles. The lowest BCUT2D eigenvalue weighted by atomic mass is 10.1. The van der Waals surface area contributed by atoms with Crippen LogP contribution < -0.4 is 4.72 Å². The lowest BCUT2D eigenvalue weighted by Gasteiger charge is -2.12. The summed E-state index contributed by atoms with van der Waals surface area (Å²) < 4.78 is 27.9. The van der Waals surface area contributed by atoms with Crippen LogP contribution in [0.5, 0.6) is 0 Å². The molecule has 2 rings (SSSR count). The van der Waals surface area contributed by atoms with Crippen LogP contribution in [0.1, 0.15) is 11.1 Å². The van der Waals surface area contributed by atoms with Gasteiger partial charge in [0, 0.05) is 4.47 Å². The Morgan fingerprint density at radius 1 is 1.05 bits per heavy atom. The Morgan fingerprint density at radius 2 is 1.68 bits per heavy atom. The van der Waals surface area contributed by atoms with E-state index in [1.807, 2.05) is 19.9 Å². The zero-order valence-electron chi connectivity index (χ0n) is 10.6. The van der Waals surface area contributed by atoms with Crippen molar-refractivity contribution in [1.29, 1.82) is 0 Å². The van der Waals surface area contributed by atoms with Crippen molar-refractivity contribution in [3.05, 3.63) is 58.1 Å². The van der Waals surface area contributed by atoms with E-state index in [0.717, 1.165) is 15.6 Å². The van der Waals surface area contributed by atoms with Crippen molar-refractivity contribution in [3.8, 4) is 0 Å². The normalized spacial score (nSPS) is 11.3. The second-order valence-electron chi connectivity index (χ2n) is 4.36. The first-order valence-corrected chi connectivity index (χ1v) is 8.02. The molecule has 1 N–H and O–H groups in total. The Balaban J connectivity index is 2.42. The lowest BCUT2D eigenvalue weighted by Crippen LogP contribution is -2.13. The van der Waals surface area contributed by atoms with Crippen LogP contribution in [0.2, 0.25) is 0 Å². The van der Waals surface area contributed by atoms with E-state index in [-0.39, 0.29) is 4.90 Å². The highest BCUT2D eigenvalue weighted by molar-refractivity contribution is 9.10. The van der Waals surface area contributed by atoms with Crippen LogP contribution in [0.3, 0.4) is 0 Å². The van der Waals surface area contributed by atoms with Crippen molar-refractivity contribution in [3.63, 3.8) is 0 Å². The molecule has 0 atom stereocenters. The van der Waals surface area contributed by atoms with Crippen LogP contribution in [0.15, 0.2) is 51.8 Å². The van der Waals surface area contributed by atoms with Crippen LogP contribution in [-0.2, 0) is 10.0 Å². The summed E-state index contributed by atoms with van der Waals surface area (Å²) in [7, 11) is -3.55. The SMILES string of the molecule is Cc1cc(C)c(Br)c(NS(=O)(=O)c2ccccc2)c1. The highest BCUT2D eigenvalue weighted by Crippen LogP contribution is 2.29. The number of rotatable bonds is 3. The summed E-state index contributed by atoms with van der Waals surface area (Å²) in [5, 5.41) is 0. The quantitative estimate of drug-likeness (QED) is 0.922. The second kappa shape index (κ2) is 5.35. The fourth-order valence-electron chi connectivity index (χ4n) is 1.83. The van der Waals surface area contributed by atoms with Crippen LogP contribution >= 0.6 is 15.9 Å². The van der Waals surface area contributed by atoms with Crippen molar-refractivity contribution < 1.29 is 8.42 Å². The molecule has 0 bridgehead atoms. The van der Waals surface area contributed by atoms with E-state index in [1.165, 1.54) is 0 Å². The van der Waals surface area contributed by atoms with E-state index in [0.29, 0.717) is 5.69 Å². The van der Waals surface area contributed by atoms with E-state index >= 15 is 0 Å². The molecule has 5 heteroatoms. The van der Waals surface area contributed by atoms with Crippen LogP contribution in [0, 0.1) is 13.8 Å². The molecule has 2 aromatic rings. The van der Waals surface area contributed by atoms with E-state index < -0.39 is 10.0 Å². The molecule has 3 nitrogen and oxygen atoms in total. The third kappa shape index (κ3) is 3.16. The topological polar surface area (TPSA) is 46.2 Å². The summed E-state index contributed by atoms with van der Waals surface area (Å²) in [4.78, 5) is 0.251. The number of benzene rings is 2. The molecular formula is C14H14BrNO2S. The predicted molar refractivity (Wildman–Crippen MR) is 80.9 cm³/mol. The first-order valence-electron chi connectivity index (χ1n) is 5.75. The minimum Gasteiger partial charge on any atom is -0.278 e. The molecule has 0 unspecified atom stereocenters. The fraction of sp³-hybridized carbons (Fsp3) is 0.143. The van der Waals surface area contributed by atoms with Gasteiger partial charge in [0.1, 0.15) is 0 Å². The Morgan fingerprint density at radius 3 is 2.32 bits per heavy atom. The first-order chi connectivity index (χ1) is 8.90. The minimum absolute atomic E-state index is 0.251. The maximum atomic E-state index is 12.2. The summed E-state index contributed by atoms with van der Waals surface area (Å²) in [5.41, 5.74) is 2.55. The molecule has 0 aromatic heterocycles. The van der Waals surface area contributed by atoms with Crippen LogP contribution in [0.25, 0.3) is 0 Å². The zero-order chi connectivity index (χ0) is 14.0. The van der Waals surface area contributed by atoms with E-state index in [2.05, 4.69) is 20.7 Å². The van der Waals surface area contributed by atoms with Crippen molar-refractivity contribution >= 4 is 31.6 Å². The van der Waals surface area contributed by atoms with Crippen molar-refractivity contribution in [2.45, 2.75) is 18.7 Å². The van der Waals surface area contributed by atoms with Gasteiger partial charge in [0.25, 0.3) is 10.0 Å². The molecular weight excluding hydrogens is 326 g/mol. The van der Waals surface area contributed by atoms with Crippen molar-refractivity contribution in [2.75, 3.05) is 4.72 Å². The van der Waals surface area contributed by atoms with Gasteiger partial charge in [-0.05, 0) is 59.1 Å². The molecule has 0 heterocycles. The summed E-state index contributed by atoms with van der Waals surface area (Å²) >= 11 is 3.41. The summed E-state index contributed by atoms with van der Waals surface area (Å²) in [6.45, 7) is 3.86. The van der Waals surface area contributed by atoms with Gasteiger partial charge in [-0.15, -0.1) is 0 Å². The number of nitrogens with one attached hydrogen (secondary N) is 1. The van der Waals surface area contributed by atoms with Gasteiger partial charge in [-0.3, -0.25) is 4.72 Å². The van der Waals surface area contributed by atoms with E-state index in [1.54, 1.807) is 36.4 Å². The molecule has 0 fully saturated rings. The van der Waals surface area contributed by atoms with Gasteiger partial charge in [0.2, 0.25) is 0 Å². The Labute approximate surface area is 121 Å². The highest BCUT2D eigenvalue weighted by Gasteiger charge is 2.15. The third-order valence-electron chi connectivity index (χ3n) is 2.70. The van der Waals surface area contributed by atoms with Crippen molar-refractivity contribution in [1.82, 2.24) is 0 Å². The molecule has 0 saturated carbocycles. The molecule has 100 valence electrons. The predicted octanol–water partition coefficient (Wildman–Crippen LogP) is 3.87. The summed E-state index contributed by atoms with van der Waals surface area (Å²) in [5.74, 6) is 0. The smallest absolute Gasteiger partial charge is 0.261 e. The molecule has 0 aliphatic heterocycles. The summed E-state index contributed by atoms with van der Waals surface area (Å²) in [6.07, 6.45) is 0. The summed E-state index contributed by atoms with van der Waals surface area (Å²) in [6, 6.07) is 12.1. The Kier molecular flexibility index (Phi) is 3.96. The van der Waals surface area contributed by atoms with Crippen molar-refractivity contribution in [2.24, 2.45) is 0 Å². The number of aryl methyl sites for hydroxylation is 2. The number of halogens is 1. The molecule has 0 saturated heterocycles. The highest BCUT2D eigenvalue weighted by atomic mass is 79.9.